The minimum Gasteiger partial charge on any atom is -0.394 e. The smallest absolute Gasteiger partial charge is 0.159 e. The molecular weight excluding hydrogens is 278 g/mol. The summed E-state index contributed by atoms with van der Waals surface area (Å²) in [5.41, 5.74) is 1.12. The van der Waals surface area contributed by atoms with Crippen molar-refractivity contribution in [2.24, 2.45) is 0 Å². The van der Waals surface area contributed by atoms with Crippen LogP contribution in [0.4, 0.5) is 5.69 Å². The van der Waals surface area contributed by atoms with Crippen molar-refractivity contribution in [2.75, 3.05) is 11.9 Å². The Morgan fingerprint density at radius 3 is 2.29 bits per heavy atom. The summed E-state index contributed by atoms with van der Waals surface area (Å²) in [5, 5.41) is 41.2. The first-order chi connectivity index (χ1) is 9.93. The lowest BCUT2D eigenvalue weighted by molar-refractivity contribution is -0.221. The molecule has 0 saturated carbocycles. The number of hydrogen-bond acceptors (Lipinski definition) is 7. The fourth-order valence-electron chi connectivity index (χ4n) is 2.19. The lowest BCUT2D eigenvalue weighted by Crippen LogP contribution is -2.60. The van der Waals surface area contributed by atoms with Crippen LogP contribution in [0.15, 0.2) is 24.3 Å². The van der Waals surface area contributed by atoms with Crippen LogP contribution in [-0.4, -0.2) is 63.5 Å². The van der Waals surface area contributed by atoms with Gasteiger partial charge in [0.25, 0.3) is 0 Å². The molecule has 2 rings (SSSR count). The van der Waals surface area contributed by atoms with Gasteiger partial charge in [0.2, 0.25) is 0 Å². The molecule has 0 unspecified atom stereocenters. The molecule has 1 fully saturated rings. The van der Waals surface area contributed by atoms with Gasteiger partial charge in [0.15, 0.2) is 12.0 Å². The molecule has 0 aliphatic carbocycles. The van der Waals surface area contributed by atoms with Gasteiger partial charge in [-0.2, -0.15) is 0 Å². The fraction of sp³-hybridized carbons (Fsp3) is 0.500. The van der Waals surface area contributed by atoms with Gasteiger partial charge in [-0.15, -0.1) is 0 Å². The first-order valence-electron chi connectivity index (χ1n) is 6.62. The van der Waals surface area contributed by atoms with Crippen LogP contribution < -0.4 is 5.32 Å². The number of carbonyl (C=O) groups is 1. The highest BCUT2D eigenvalue weighted by Crippen LogP contribution is 2.23. The Labute approximate surface area is 121 Å². The highest BCUT2D eigenvalue weighted by molar-refractivity contribution is 5.94. The van der Waals surface area contributed by atoms with Crippen LogP contribution in [0.3, 0.4) is 0 Å². The Kier molecular flexibility index (Phi) is 4.92. The van der Waals surface area contributed by atoms with Crippen LogP contribution in [0.25, 0.3) is 0 Å². The molecule has 7 heteroatoms. The zero-order valence-corrected chi connectivity index (χ0v) is 11.5. The largest absolute Gasteiger partial charge is 0.394 e. The summed E-state index contributed by atoms with van der Waals surface area (Å²) in [7, 11) is 0. The number of aliphatic hydroxyl groups is 4. The number of ether oxygens (including phenoxy) is 1. The highest BCUT2D eigenvalue weighted by atomic mass is 16.6. The molecule has 116 valence electrons. The van der Waals surface area contributed by atoms with Gasteiger partial charge in [-0.25, -0.2) is 0 Å². The molecule has 1 saturated heterocycles. The van der Waals surface area contributed by atoms with E-state index in [4.69, 9.17) is 9.84 Å². The molecule has 0 bridgehead atoms. The van der Waals surface area contributed by atoms with Gasteiger partial charge >= 0.3 is 0 Å². The van der Waals surface area contributed by atoms with Crippen molar-refractivity contribution in [3.63, 3.8) is 0 Å². The number of rotatable bonds is 4. The molecule has 5 atom stereocenters. The Balaban J connectivity index is 2.08. The number of anilines is 1. The molecule has 1 aliphatic rings. The normalized spacial score (nSPS) is 32.7. The van der Waals surface area contributed by atoms with Crippen molar-refractivity contribution in [1.29, 1.82) is 0 Å². The third-order valence-electron chi connectivity index (χ3n) is 3.49. The second-order valence-electron chi connectivity index (χ2n) is 5.03. The van der Waals surface area contributed by atoms with Crippen molar-refractivity contribution >= 4 is 11.5 Å². The Morgan fingerprint density at radius 1 is 1.14 bits per heavy atom. The second kappa shape index (κ2) is 6.50. The number of hydrogen-bond donors (Lipinski definition) is 5. The quantitative estimate of drug-likeness (QED) is 0.457. The first-order valence-corrected chi connectivity index (χ1v) is 6.62. The van der Waals surface area contributed by atoms with Crippen LogP contribution in [0.2, 0.25) is 0 Å². The van der Waals surface area contributed by atoms with Gasteiger partial charge < -0.3 is 30.5 Å². The Morgan fingerprint density at radius 2 is 1.76 bits per heavy atom. The molecule has 0 aromatic heterocycles. The van der Waals surface area contributed by atoms with Crippen LogP contribution in [-0.2, 0) is 4.74 Å². The van der Waals surface area contributed by atoms with E-state index in [0.717, 1.165) is 0 Å². The lowest BCUT2D eigenvalue weighted by Gasteiger charge is -2.40. The number of nitrogens with one attached hydrogen (secondary N) is 1. The molecule has 1 aromatic rings. The topological polar surface area (TPSA) is 119 Å². The van der Waals surface area contributed by atoms with E-state index >= 15 is 0 Å². The zero-order valence-electron chi connectivity index (χ0n) is 11.5. The van der Waals surface area contributed by atoms with E-state index in [0.29, 0.717) is 11.3 Å². The molecule has 21 heavy (non-hydrogen) atoms. The fourth-order valence-corrected chi connectivity index (χ4v) is 2.19. The van der Waals surface area contributed by atoms with E-state index < -0.39 is 37.3 Å². The van der Waals surface area contributed by atoms with Gasteiger partial charge in [0, 0.05) is 11.3 Å². The summed E-state index contributed by atoms with van der Waals surface area (Å²) >= 11 is 0. The number of Topliss-reactive ketones (excluding diaryl/α,β-unsaturated/α-hetero) is 1. The van der Waals surface area contributed by atoms with Crippen LogP contribution in [0.1, 0.15) is 17.3 Å². The summed E-state index contributed by atoms with van der Waals surface area (Å²) < 4.78 is 5.32. The average Bonchev–Trinajstić information content (AvgIpc) is 2.48. The molecule has 0 radical (unpaired) electrons. The third kappa shape index (κ3) is 3.39. The van der Waals surface area contributed by atoms with Crippen molar-refractivity contribution in [3.8, 4) is 0 Å². The molecular formula is C14H19NO6. The monoisotopic (exact) mass is 297 g/mol. The van der Waals surface area contributed by atoms with E-state index in [1.54, 1.807) is 24.3 Å². The molecule has 5 N–H and O–H groups in total. The number of aliphatic hydroxyl groups excluding tert-OH is 4. The van der Waals surface area contributed by atoms with Crippen molar-refractivity contribution < 1.29 is 30.0 Å². The van der Waals surface area contributed by atoms with Crippen LogP contribution in [0.5, 0.6) is 0 Å². The van der Waals surface area contributed by atoms with Gasteiger partial charge in [-0.3, -0.25) is 4.79 Å². The van der Waals surface area contributed by atoms with Crippen LogP contribution >= 0.6 is 0 Å². The molecule has 1 aromatic carbocycles. The van der Waals surface area contributed by atoms with E-state index in [-0.39, 0.29) is 5.78 Å². The second-order valence-corrected chi connectivity index (χ2v) is 5.03. The van der Waals surface area contributed by atoms with Gasteiger partial charge in [-0.05, 0) is 31.2 Å². The third-order valence-corrected chi connectivity index (χ3v) is 3.49. The summed E-state index contributed by atoms with van der Waals surface area (Å²) in [6, 6.07) is 6.51. The predicted octanol–water partition coefficient (Wildman–Crippen LogP) is -0.899. The maximum Gasteiger partial charge on any atom is 0.159 e. The number of benzene rings is 1. The van der Waals surface area contributed by atoms with Gasteiger partial charge in [-0.1, -0.05) is 0 Å². The minimum atomic E-state index is -1.43. The zero-order chi connectivity index (χ0) is 15.6. The Bertz CT molecular complexity index is 489. The van der Waals surface area contributed by atoms with Crippen molar-refractivity contribution in [2.45, 2.75) is 37.6 Å². The lowest BCUT2D eigenvalue weighted by atomic mass is 9.98. The summed E-state index contributed by atoms with van der Waals surface area (Å²) in [4.78, 5) is 11.2. The molecule has 7 nitrogen and oxygen atoms in total. The van der Waals surface area contributed by atoms with E-state index in [9.17, 15) is 20.1 Å². The molecule has 0 amide bonds. The predicted molar refractivity (Wildman–Crippen MR) is 73.8 cm³/mol. The van der Waals surface area contributed by atoms with Crippen molar-refractivity contribution in [3.05, 3.63) is 29.8 Å². The molecule has 0 spiro atoms. The first kappa shape index (κ1) is 15.9. The summed E-state index contributed by atoms with van der Waals surface area (Å²) in [5.74, 6) is -0.0607. The maximum atomic E-state index is 11.2. The SMILES string of the molecule is CC(=O)c1ccc(N[C@H]2O[C@@H](CO)[C@@H](O)[C@@H](O)[C@@H]2O)cc1. The van der Waals surface area contributed by atoms with E-state index in [1.807, 2.05) is 0 Å². The minimum absolute atomic E-state index is 0.0607. The maximum absolute atomic E-state index is 11.2. The van der Waals surface area contributed by atoms with Gasteiger partial charge in [0.05, 0.1) is 6.61 Å². The van der Waals surface area contributed by atoms with E-state index in [1.165, 1.54) is 6.92 Å². The summed E-state index contributed by atoms with van der Waals surface area (Å²) in [6.07, 6.45) is -6.11. The standard InChI is InChI=1S/C14H19NO6/c1-7(17)8-2-4-9(5-3-8)15-14-13(20)12(19)11(18)10(6-16)21-14/h2-5,10-16,18-20H,6H2,1H3/t10-,11+,12+,13-,14-/m0/s1. The van der Waals surface area contributed by atoms with E-state index in [2.05, 4.69) is 5.32 Å². The van der Waals surface area contributed by atoms with Gasteiger partial charge in [0.1, 0.15) is 24.4 Å². The summed E-state index contributed by atoms with van der Waals surface area (Å²) in [6.45, 7) is 0.979. The molecule has 1 heterocycles. The average molecular weight is 297 g/mol. The van der Waals surface area contributed by atoms with Crippen LogP contribution in [0, 0.1) is 0 Å². The number of ketones is 1. The molecule has 1 aliphatic heterocycles. The Hall–Kier alpha value is -1.51. The highest BCUT2D eigenvalue weighted by Gasteiger charge is 2.43. The van der Waals surface area contributed by atoms with Crippen molar-refractivity contribution in [1.82, 2.24) is 0 Å². The number of carbonyl (C=O) groups excluding carboxylic acids is 1.